The van der Waals surface area contributed by atoms with Crippen LogP contribution in [0.2, 0.25) is 0 Å². The Balaban J connectivity index is 3.39. The van der Waals surface area contributed by atoms with E-state index in [4.69, 9.17) is 5.26 Å². The highest BCUT2D eigenvalue weighted by molar-refractivity contribution is 6.04. The third-order valence-corrected chi connectivity index (χ3v) is 3.26. The maximum atomic E-state index is 12.2. The molecule has 0 aliphatic carbocycles. The van der Waals surface area contributed by atoms with Crippen LogP contribution in [-0.2, 0) is 9.59 Å². The first-order valence-corrected chi connectivity index (χ1v) is 6.95. The Kier molecular flexibility index (Phi) is 6.05. The van der Waals surface area contributed by atoms with Gasteiger partial charge in [0.2, 0.25) is 5.75 Å². The van der Waals surface area contributed by atoms with Crippen molar-refractivity contribution in [2.75, 3.05) is 13.6 Å². The molecule has 0 aliphatic heterocycles. The number of ketones is 1. The molecule has 0 bridgehead atoms. The number of carbonyl (C=O) groups is 2. The molecule has 0 heterocycles. The second-order valence-corrected chi connectivity index (χ2v) is 5.01. The number of nitrogens with zero attached hydrogens (tertiary/aromatic N) is 3. The molecule has 0 atom stereocenters. The van der Waals surface area contributed by atoms with Crippen LogP contribution in [0.4, 0.5) is 5.69 Å². The molecule has 0 aromatic heterocycles. The summed E-state index contributed by atoms with van der Waals surface area (Å²) in [6, 6.07) is 2.93. The third-order valence-electron chi connectivity index (χ3n) is 3.26. The van der Waals surface area contributed by atoms with Gasteiger partial charge in [-0.15, -0.1) is 0 Å². The fourth-order valence-electron chi connectivity index (χ4n) is 1.87. The van der Waals surface area contributed by atoms with Crippen molar-refractivity contribution in [3.8, 4) is 17.6 Å². The minimum Gasteiger partial charge on any atom is -0.506 e. The maximum absolute atomic E-state index is 12.2. The summed E-state index contributed by atoms with van der Waals surface area (Å²) in [5, 5.41) is 49.0. The lowest BCUT2D eigenvalue weighted by atomic mass is 10.1. The molecular weight excluding hydrogens is 334 g/mol. The van der Waals surface area contributed by atoms with Crippen molar-refractivity contribution in [3.05, 3.63) is 33.4 Å². The molecule has 10 heteroatoms. The van der Waals surface area contributed by atoms with Crippen molar-refractivity contribution < 1.29 is 29.8 Å². The van der Waals surface area contributed by atoms with Gasteiger partial charge in [-0.05, 0) is 6.07 Å². The third kappa shape index (κ3) is 4.23. The molecule has 1 aromatic rings. The number of nitro benzene ring substituents is 1. The molecule has 3 N–H and O–H groups in total. The van der Waals surface area contributed by atoms with Crippen LogP contribution in [0.5, 0.6) is 11.5 Å². The summed E-state index contributed by atoms with van der Waals surface area (Å²) in [5.41, 5.74) is -2.10. The van der Waals surface area contributed by atoms with E-state index in [0.29, 0.717) is 6.07 Å². The van der Waals surface area contributed by atoms with Crippen LogP contribution in [0.3, 0.4) is 0 Å². The van der Waals surface area contributed by atoms with E-state index < -0.39 is 44.9 Å². The summed E-state index contributed by atoms with van der Waals surface area (Å²) in [6.45, 7) is 1.31. The first kappa shape index (κ1) is 19.4. The molecule has 25 heavy (non-hydrogen) atoms. The number of hydrogen-bond donors (Lipinski definition) is 3. The van der Waals surface area contributed by atoms with Gasteiger partial charge in [0.05, 0.1) is 11.5 Å². The number of nitro groups is 1. The van der Waals surface area contributed by atoms with Crippen LogP contribution in [0.15, 0.2) is 17.7 Å². The highest BCUT2D eigenvalue weighted by Gasteiger charge is 2.25. The summed E-state index contributed by atoms with van der Waals surface area (Å²) < 4.78 is 0. The Morgan fingerprint density at radius 1 is 1.36 bits per heavy atom. The van der Waals surface area contributed by atoms with Crippen LogP contribution >= 0.6 is 0 Å². The quantitative estimate of drug-likeness (QED) is 0.172. The first-order valence-electron chi connectivity index (χ1n) is 6.95. The Labute approximate surface area is 142 Å². The van der Waals surface area contributed by atoms with Crippen molar-refractivity contribution in [2.24, 2.45) is 0 Å². The second kappa shape index (κ2) is 7.78. The molecule has 0 aliphatic rings. The number of benzene rings is 1. The number of Topliss-reactive ketones (excluding diaryl/α,β-unsaturated/α-hetero) is 1. The van der Waals surface area contributed by atoms with Crippen molar-refractivity contribution in [2.45, 2.75) is 13.3 Å². The number of aliphatic hydroxyl groups is 1. The number of amides is 1. The molecule has 0 spiro atoms. The monoisotopic (exact) mass is 349 g/mol. The normalized spacial score (nSPS) is 11.2. The number of phenolic OH excluding ortho intramolecular Hbond substituents is 2. The zero-order valence-electron chi connectivity index (χ0n) is 13.4. The van der Waals surface area contributed by atoms with Crippen LogP contribution in [0.25, 0.3) is 5.76 Å². The number of carbonyl (C=O) groups excluding carboxylic acids is 2. The van der Waals surface area contributed by atoms with Gasteiger partial charge >= 0.3 is 5.69 Å². The van der Waals surface area contributed by atoms with Gasteiger partial charge in [-0.1, -0.05) is 6.92 Å². The zero-order valence-corrected chi connectivity index (χ0v) is 13.4. The Bertz CT molecular complexity index is 808. The molecular formula is C15H15N3O7. The molecule has 1 rings (SSSR count). The average Bonchev–Trinajstić information content (AvgIpc) is 2.56. The number of likely N-dealkylation sites (N-methyl/N-ethyl adjacent to an activating group) is 1. The Morgan fingerprint density at radius 3 is 2.44 bits per heavy atom. The van der Waals surface area contributed by atoms with E-state index in [1.807, 2.05) is 0 Å². The Morgan fingerprint density at radius 2 is 1.96 bits per heavy atom. The lowest BCUT2D eigenvalue weighted by Gasteiger charge is -2.16. The number of hydrogen-bond acceptors (Lipinski definition) is 8. The van der Waals surface area contributed by atoms with Crippen LogP contribution in [0.1, 0.15) is 18.9 Å². The number of aliphatic hydroxyl groups excluding tert-OH is 1. The van der Waals surface area contributed by atoms with Gasteiger partial charge in [0.15, 0.2) is 17.1 Å². The highest BCUT2D eigenvalue weighted by atomic mass is 16.6. The lowest BCUT2D eigenvalue weighted by molar-refractivity contribution is -0.386. The standard InChI is InChI=1S/C15H15N3O7/c1-3-9(19)7-17(2)15(23)10(6-16)13(21)8-4-11(18(24)25)14(22)12(20)5-8/h4-5,20-22H,3,7H2,1-2H3/b13-10-. The molecule has 1 aromatic carbocycles. The maximum Gasteiger partial charge on any atom is 0.315 e. The number of rotatable bonds is 6. The van der Waals surface area contributed by atoms with E-state index in [2.05, 4.69) is 0 Å². The lowest BCUT2D eigenvalue weighted by Crippen LogP contribution is -2.33. The molecule has 0 saturated heterocycles. The Hall–Kier alpha value is -3.61. The van der Waals surface area contributed by atoms with Crippen LogP contribution in [0, 0.1) is 21.4 Å². The largest absolute Gasteiger partial charge is 0.506 e. The van der Waals surface area contributed by atoms with E-state index in [1.54, 1.807) is 6.92 Å². The van der Waals surface area contributed by atoms with Gasteiger partial charge in [-0.2, -0.15) is 5.26 Å². The van der Waals surface area contributed by atoms with Crippen LogP contribution in [-0.4, -0.2) is 50.4 Å². The number of aromatic hydroxyl groups is 2. The van der Waals surface area contributed by atoms with Crippen molar-refractivity contribution >= 4 is 23.1 Å². The summed E-state index contributed by atoms with van der Waals surface area (Å²) in [5.74, 6) is -4.10. The predicted molar refractivity (Wildman–Crippen MR) is 84.5 cm³/mol. The van der Waals surface area contributed by atoms with E-state index in [9.17, 15) is 35.0 Å². The van der Waals surface area contributed by atoms with Crippen molar-refractivity contribution in [3.63, 3.8) is 0 Å². The molecule has 10 nitrogen and oxygen atoms in total. The number of nitriles is 1. The molecule has 0 unspecified atom stereocenters. The SMILES string of the molecule is CCC(=O)CN(C)C(=O)/C(C#N)=C(\O)c1cc(O)c(O)c([N+](=O)[O-])c1. The van der Waals surface area contributed by atoms with Crippen LogP contribution < -0.4 is 0 Å². The fraction of sp³-hybridized carbons (Fsp3) is 0.267. The minimum atomic E-state index is -1.02. The molecule has 0 radical (unpaired) electrons. The van der Waals surface area contributed by atoms with Crippen molar-refractivity contribution in [1.82, 2.24) is 4.90 Å². The fourth-order valence-corrected chi connectivity index (χ4v) is 1.87. The second-order valence-electron chi connectivity index (χ2n) is 5.01. The van der Waals surface area contributed by atoms with Gasteiger partial charge < -0.3 is 20.2 Å². The van der Waals surface area contributed by atoms with E-state index in [-0.39, 0.29) is 18.7 Å². The summed E-state index contributed by atoms with van der Waals surface area (Å²) in [6.07, 6.45) is 0.174. The summed E-state index contributed by atoms with van der Waals surface area (Å²) in [4.78, 5) is 34.3. The molecule has 0 fully saturated rings. The number of phenols is 2. The molecule has 0 saturated carbocycles. The van der Waals surface area contributed by atoms with Gasteiger partial charge in [-0.3, -0.25) is 19.7 Å². The van der Waals surface area contributed by atoms with E-state index in [0.717, 1.165) is 11.0 Å². The predicted octanol–water partition coefficient (Wildman–Crippen LogP) is 1.24. The zero-order chi connectivity index (χ0) is 19.3. The van der Waals surface area contributed by atoms with E-state index >= 15 is 0 Å². The molecule has 1 amide bonds. The topological polar surface area (TPSA) is 165 Å². The summed E-state index contributed by atoms with van der Waals surface area (Å²) >= 11 is 0. The van der Waals surface area contributed by atoms with Gasteiger partial charge in [-0.25, -0.2) is 0 Å². The molecule has 132 valence electrons. The van der Waals surface area contributed by atoms with Gasteiger partial charge in [0.25, 0.3) is 5.91 Å². The first-order chi connectivity index (χ1) is 11.6. The van der Waals surface area contributed by atoms with Crippen molar-refractivity contribution in [1.29, 1.82) is 5.26 Å². The minimum absolute atomic E-state index is 0.174. The smallest absolute Gasteiger partial charge is 0.315 e. The van der Waals surface area contributed by atoms with Gasteiger partial charge in [0.1, 0.15) is 11.8 Å². The highest BCUT2D eigenvalue weighted by Crippen LogP contribution is 2.38. The van der Waals surface area contributed by atoms with Gasteiger partial charge in [0, 0.05) is 25.1 Å². The summed E-state index contributed by atoms with van der Waals surface area (Å²) in [7, 11) is 1.25. The average molecular weight is 349 g/mol. The van der Waals surface area contributed by atoms with E-state index in [1.165, 1.54) is 13.1 Å².